The third-order valence-corrected chi connectivity index (χ3v) is 6.61. The van der Waals surface area contributed by atoms with E-state index >= 15 is 0 Å². The van der Waals surface area contributed by atoms with Gasteiger partial charge in [-0.15, -0.1) is 0 Å². The molecule has 2 aromatic rings. The summed E-state index contributed by atoms with van der Waals surface area (Å²) in [5, 5.41) is 11.2. The number of rotatable bonds is 8. The highest BCUT2D eigenvalue weighted by Gasteiger charge is 2.25. The largest absolute Gasteiger partial charge is 0.491 e. The fourth-order valence-corrected chi connectivity index (χ4v) is 4.61. The topological polar surface area (TPSA) is 66.8 Å². The summed E-state index contributed by atoms with van der Waals surface area (Å²) in [6, 6.07) is 14.6. The summed E-state index contributed by atoms with van der Waals surface area (Å²) in [7, 11) is -3.22. The molecule has 0 aromatic heterocycles. The molecule has 3 rings (SSSR count). The minimum absolute atomic E-state index is 0.165. The zero-order valence-corrected chi connectivity index (χ0v) is 18.2. The van der Waals surface area contributed by atoms with Gasteiger partial charge < -0.3 is 9.84 Å². The zero-order valence-electron chi connectivity index (χ0n) is 16.6. The molecule has 2 aromatic carbocycles. The average molecular weight is 438 g/mol. The van der Waals surface area contributed by atoms with Gasteiger partial charge >= 0.3 is 0 Å². The third-order valence-electron chi connectivity index (χ3n) is 5.25. The van der Waals surface area contributed by atoms with E-state index in [-0.39, 0.29) is 11.5 Å². The molecule has 2 unspecified atom stereocenters. The predicted octanol–water partition coefficient (Wildman–Crippen LogP) is 3.58. The van der Waals surface area contributed by atoms with Crippen LogP contribution in [0.1, 0.15) is 24.8 Å². The van der Waals surface area contributed by atoms with Crippen molar-refractivity contribution < 1.29 is 18.3 Å². The molecule has 5 nitrogen and oxygen atoms in total. The number of nitrogens with zero attached hydrogens (tertiary/aromatic N) is 1. The van der Waals surface area contributed by atoms with E-state index in [2.05, 4.69) is 11.0 Å². The first-order valence-corrected chi connectivity index (χ1v) is 12.2. The molecule has 0 amide bonds. The molecule has 0 saturated carbocycles. The summed E-state index contributed by atoms with van der Waals surface area (Å²) < 4.78 is 28.7. The van der Waals surface area contributed by atoms with Crippen LogP contribution in [0.5, 0.6) is 5.75 Å². The number of piperidine rings is 1. The molecule has 1 heterocycles. The number of aliphatic hydroxyl groups is 1. The van der Waals surface area contributed by atoms with Crippen molar-refractivity contribution >= 4 is 21.4 Å². The van der Waals surface area contributed by atoms with Gasteiger partial charge in [-0.05, 0) is 67.8 Å². The van der Waals surface area contributed by atoms with Gasteiger partial charge in [0.1, 0.15) is 18.5 Å². The first-order valence-electron chi connectivity index (χ1n) is 9.91. The van der Waals surface area contributed by atoms with Crippen molar-refractivity contribution in [3.63, 3.8) is 0 Å². The Balaban J connectivity index is 1.53. The Labute approximate surface area is 178 Å². The smallest absolute Gasteiger partial charge is 0.175 e. The molecule has 1 N–H and O–H groups in total. The Morgan fingerprint density at radius 2 is 1.97 bits per heavy atom. The molecule has 29 heavy (non-hydrogen) atoms. The van der Waals surface area contributed by atoms with Crippen LogP contribution >= 0.6 is 11.6 Å². The standard InChI is InChI=1S/C22H28ClNO4S/c1-29(26,27)22-10-8-21(9-11-22)28-16-20(25)15-24-12-3-2-7-19(24)14-17-5-4-6-18(23)13-17/h4-6,8-11,13,19-20,25H,2-3,7,12,14-16H2,1H3. The van der Waals surface area contributed by atoms with E-state index in [0.717, 1.165) is 30.8 Å². The molecule has 1 fully saturated rings. The summed E-state index contributed by atoms with van der Waals surface area (Å²) in [5.74, 6) is 0.547. The van der Waals surface area contributed by atoms with E-state index in [1.54, 1.807) is 12.1 Å². The molecule has 0 spiro atoms. The van der Waals surface area contributed by atoms with Gasteiger partial charge in [0.05, 0.1) is 4.90 Å². The predicted molar refractivity (Wildman–Crippen MR) is 115 cm³/mol. The first-order chi connectivity index (χ1) is 13.8. The van der Waals surface area contributed by atoms with E-state index in [4.69, 9.17) is 16.3 Å². The summed E-state index contributed by atoms with van der Waals surface area (Å²) in [4.78, 5) is 2.59. The van der Waals surface area contributed by atoms with Gasteiger partial charge in [0.2, 0.25) is 0 Å². The first kappa shape index (κ1) is 22.1. The average Bonchev–Trinajstić information content (AvgIpc) is 2.68. The number of halogens is 1. The summed E-state index contributed by atoms with van der Waals surface area (Å²) in [5.41, 5.74) is 1.21. The normalized spacial score (nSPS) is 19.1. The lowest BCUT2D eigenvalue weighted by molar-refractivity contribution is 0.0397. The Morgan fingerprint density at radius 3 is 2.66 bits per heavy atom. The Bertz CT molecular complexity index is 901. The lowest BCUT2D eigenvalue weighted by Crippen LogP contribution is -2.46. The molecule has 2 atom stereocenters. The van der Waals surface area contributed by atoms with Crippen LogP contribution in [-0.2, 0) is 16.3 Å². The van der Waals surface area contributed by atoms with Crippen LogP contribution in [0.3, 0.4) is 0 Å². The van der Waals surface area contributed by atoms with Crippen LogP contribution in [0, 0.1) is 0 Å². The minimum atomic E-state index is -3.22. The molecular formula is C22H28ClNO4S. The van der Waals surface area contributed by atoms with Crippen LogP contribution in [-0.4, -0.2) is 56.5 Å². The molecule has 0 radical (unpaired) electrons. The zero-order chi connectivity index (χ0) is 20.9. The van der Waals surface area contributed by atoms with Crippen molar-refractivity contribution in [1.82, 2.24) is 4.90 Å². The fraction of sp³-hybridized carbons (Fsp3) is 0.455. The van der Waals surface area contributed by atoms with Crippen molar-refractivity contribution in [3.05, 3.63) is 59.1 Å². The SMILES string of the molecule is CS(=O)(=O)c1ccc(OCC(O)CN2CCCCC2Cc2cccc(Cl)c2)cc1. The van der Waals surface area contributed by atoms with Crippen molar-refractivity contribution in [2.24, 2.45) is 0 Å². The maximum Gasteiger partial charge on any atom is 0.175 e. The van der Waals surface area contributed by atoms with Gasteiger partial charge in [-0.3, -0.25) is 4.90 Å². The third kappa shape index (κ3) is 6.71. The van der Waals surface area contributed by atoms with Crippen LogP contribution < -0.4 is 4.74 Å². The number of sulfone groups is 1. The number of aliphatic hydroxyl groups excluding tert-OH is 1. The van der Waals surface area contributed by atoms with Crippen LogP contribution in [0.2, 0.25) is 5.02 Å². The number of hydrogen-bond acceptors (Lipinski definition) is 5. The molecule has 0 bridgehead atoms. The van der Waals surface area contributed by atoms with E-state index in [9.17, 15) is 13.5 Å². The number of benzene rings is 2. The Morgan fingerprint density at radius 1 is 1.21 bits per heavy atom. The lowest BCUT2D eigenvalue weighted by Gasteiger charge is -2.37. The lowest BCUT2D eigenvalue weighted by atomic mass is 9.95. The maximum absolute atomic E-state index is 11.5. The maximum atomic E-state index is 11.5. The number of hydrogen-bond donors (Lipinski definition) is 1. The second kappa shape index (κ2) is 9.94. The monoisotopic (exact) mass is 437 g/mol. The van der Waals surface area contributed by atoms with E-state index in [1.165, 1.54) is 30.4 Å². The Hall–Kier alpha value is -1.60. The van der Waals surface area contributed by atoms with Gasteiger partial charge in [-0.25, -0.2) is 8.42 Å². The highest BCUT2D eigenvalue weighted by molar-refractivity contribution is 7.90. The molecule has 0 aliphatic carbocycles. The minimum Gasteiger partial charge on any atom is -0.491 e. The van der Waals surface area contributed by atoms with Crippen molar-refractivity contribution in [2.75, 3.05) is 26.0 Å². The van der Waals surface area contributed by atoms with E-state index in [1.807, 2.05) is 18.2 Å². The molecular weight excluding hydrogens is 410 g/mol. The van der Waals surface area contributed by atoms with Gasteiger partial charge in [0.25, 0.3) is 0 Å². The summed E-state index contributed by atoms with van der Waals surface area (Å²) >= 11 is 6.11. The van der Waals surface area contributed by atoms with Crippen LogP contribution in [0.25, 0.3) is 0 Å². The molecule has 7 heteroatoms. The molecule has 1 aliphatic heterocycles. The van der Waals surface area contributed by atoms with Crippen LogP contribution in [0.4, 0.5) is 0 Å². The summed E-state index contributed by atoms with van der Waals surface area (Å²) in [6.45, 7) is 1.68. The molecule has 158 valence electrons. The van der Waals surface area contributed by atoms with E-state index in [0.29, 0.717) is 18.3 Å². The van der Waals surface area contributed by atoms with Gasteiger partial charge in [-0.1, -0.05) is 30.2 Å². The second-order valence-corrected chi connectivity index (χ2v) is 10.1. The quantitative estimate of drug-likeness (QED) is 0.683. The summed E-state index contributed by atoms with van der Waals surface area (Å²) in [6.07, 6.45) is 4.90. The van der Waals surface area contributed by atoms with E-state index < -0.39 is 15.9 Å². The van der Waals surface area contributed by atoms with Crippen molar-refractivity contribution in [2.45, 2.75) is 42.7 Å². The fourth-order valence-electron chi connectivity index (χ4n) is 3.77. The Kier molecular flexibility index (Phi) is 7.57. The number of likely N-dealkylation sites (tertiary alicyclic amines) is 1. The highest BCUT2D eigenvalue weighted by Crippen LogP contribution is 2.23. The number of ether oxygens (including phenoxy) is 1. The molecule has 1 aliphatic rings. The van der Waals surface area contributed by atoms with Crippen LogP contribution in [0.15, 0.2) is 53.4 Å². The molecule has 1 saturated heterocycles. The highest BCUT2D eigenvalue weighted by atomic mass is 35.5. The van der Waals surface area contributed by atoms with Gasteiger partial charge in [0, 0.05) is 23.9 Å². The number of β-amino-alcohol motifs (C(OH)–C–C–N with tert-alkyl or cyclic N) is 1. The van der Waals surface area contributed by atoms with Gasteiger partial charge in [-0.2, -0.15) is 0 Å². The van der Waals surface area contributed by atoms with Gasteiger partial charge in [0.15, 0.2) is 9.84 Å². The van der Waals surface area contributed by atoms with Crippen molar-refractivity contribution in [1.29, 1.82) is 0 Å². The van der Waals surface area contributed by atoms with Crippen molar-refractivity contribution in [3.8, 4) is 5.75 Å². The second-order valence-electron chi connectivity index (χ2n) is 7.69.